The summed E-state index contributed by atoms with van der Waals surface area (Å²) in [5, 5.41) is 10.7. The zero-order chi connectivity index (χ0) is 12.6. The lowest BCUT2D eigenvalue weighted by atomic mass is 9.84. The average molecular weight is 252 g/mol. The highest BCUT2D eigenvalue weighted by atomic mass is 16.3. The molecule has 3 fully saturated rings. The maximum absolute atomic E-state index is 10.7. The molecule has 1 saturated carbocycles. The molecule has 18 heavy (non-hydrogen) atoms. The molecule has 104 valence electrons. The Hall–Kier alpha value is -0.120. The number of aliphatic hydroxyl groups is 1. The summed E-state index contributed by atoms with van der Waals surface area (Å²) in [6.07, 6.45) is 9.83. The molecule has 3 heteroatoms. The lowest BCUT2D eigenvalue weighted by molar-refractivity contribution is -0.0275. The highest BCUT2D eigenvalue weighted by Gasteiger charge is 2.37. The second-order valence-corrected chi connectivity index (χ2v) is 6.86. The van der Waals surface area contributed by atoms with Crippen LogP contribution in [0.2, 0.25) is 0 Å². The molecule has 2 aliphatic heterocycles. The van der Waals surface area contributed by atoms with Crippen LogP contribution in [-0.2, 0) is 0 Å². The molecule has 0 aromatic carbocycles. The van der Waals surface area contributed by atoms with Crippen molar-refractivity contribution in [2.75, 3.05) is 26.7 Å². The third kappa shape index (κ3) is 2.59. The molecule has 2 bridgehead atoms. The van der Waals surface area contributed by atoms with Gasteiger partial charge in [-0.05, 0) is 45.7 Å². The maximum atomic E-state index is 10.7. The van der Waals surface area contributed by atoms with Crippen molar-refractivity contribution in [1.29, 1.82) is 0 Å². The molecule has 2 atom stereocenters. The Morgan fingerprint density at radius 1 is 1.06 bits per heavy atom. The van der Waals surface area contributed by atoms with E-state index in [9.17, 15) is 5.11 Å². The van der Waals surface area contributed by atoms with Crippen LogP contribution in [0.4, 0.5) is 0 Å². The molecular formula is C15H28N2O. The third-order valence-electron chi connectivity index (χ3n) is 5.53. The van der Waals surface area contributed by atoms with E-state index in [2.05, 4.69) is 16.8 Å². The Kier molecular flexibility index (Phi) is 3.65. The van der Waals surface area contributed by atoms with Gasteiger partial charge in [-0.1, -0.05) is 19.3 Å². The molecule has 3 rings (SSSR count). The quantitative estimate of drug-likeness (QED) is 0.812. The van der Waals surface area contributed by atoms with Crippen molar-refractivity contribution in [2.45, 2.75) is 69.1 Å². The molecule has 2 heterocycles. The molecular weight excluding hydrogens is 224 g/mol. The number of β-amino-alcohol motifs (C(OH)–C–C–N with tert-alkyl or cyclic N) is 1. The summed E-state index contributed by atoms with van der Waals surface area (Å²) >= 11 is 0. The van der Waals surface area contributed by atoms with Crippen LogP contribution < -0.4 is 0 Å². The first-order valence-electron chi connectivity index (χ1n) is 7.83. The first-order chi connectivity index (χ1) is 8.66. The Labute approximate surface area is 111 Å². The summed E-state index contributed by atoms with van der Waals surface area (Å²) in [4.78, 5) is 5.14. The van der Waals surface area contributed by atoms with Crippen LogP contribution >= 0.6 is 0 Å². The lowest BCUT2D eigenvalue weighted by Crippen LogP contribution is -2.47. The van der Waals surface area contributed by atoms with Crippen molar-refractivity contribution in [1.82, 2.24) is 9.80 Å². The molecule has 0 radical (unpaired) electrons. The molecule has 2 saturated heterocycles. The minimum atomic E-state index is -0.375. The van der Waals surface area contributed by atoms with Gasteiger partial charge in [0.2, 0.25) is 0 Å². The van der Waals surface area contributed by atoms with E-state index in [1.807, 2.05) is 0 Å². The Morgan fingerprint density at radius 2 is 1.78 bits per heavy atom. The molecule has 1 N–H and O–H groups in total. The van der Waals surface area contributed by atoms with Crippen LogP contribution in [0, 0.1) is 0 Å². The van der Waals surface area contributed by atoms with E-state index in [1.165, 1.54) is 51.6 Å². The van der Waals surface area contributed by atoms with E-state index >= 15 is 0 Å². The van der Waals surface area contributed by atoms with Gasteiger partial charge < -0.3 is 5.11 Å². The smallest absolute Gasteiger partial charge is 0.0774 e. The van der Waals surface area contributed by atoms with E-state index in [1.54, 1.807) is 0 Å². The van der Waals surface area contributed by atoms with Crippen molar-refractivity contribution >= 4 is 0 Å². The molecule has 3 nitrogen and oxygen atoms in total. The van der Waals surface area contributed by atoms with Crippen LogP contribution in [0.15, 0.2) is 0 Å². The fourth-order valence-corrected chi connectivity index (χ4v) is 4.31. The number of likely N-dealkylation sites (tertiary alicyclic amines) is 1. The van der Waals surface area contributed by atoms with Gasteiger partial charge in [-0.25, -0.2) is 0 Å². The normalized spacial score (nSPS) is 37.7. The van der Waals surface area contributed by atoms with Gasteiger partial charge in [-0.3, -0.25) is 9.80 Å². The van der Waals surface area contributed by atoms with E-state index in [4.69, 9.17) is 0 Å². The van der Waals surface area contributed by atoms with Gasteiger partial charge in [-0.15, -0.1) is 0 Å². The van der Waals surface area contributed by atoms with Gasteiger partial charge in [0.15, 0.2) is 0 Å². The third-order valence-corrected chi connectivity index (χ3v) is 5.53. The van der Waals surface area contributed by atoms with Crippen LogP contribution in [0.3, 0.4) is 0 Å². The van der Waals surface area contributed by atoms with Gasteiger partial charge >= 0.3 is 0 Å². The van der Waals surface area contributed by atoms with Crippen molar-refractivity contribution < 1.29 is 5.11 Å². The first-order valence-corrected chi connectivity index (χ1v) is 7.83. The minimum Gasteiger partial charge on any atom is -0.389 e. The highest BCUT2D eigenvalue weighted by Crippen LogP contribution is 2.32. The zero-order valence-electron chi connectivity index (χ0n) is 11.8. The molecule has 3 aliphatic rings. The topological polar surface area (TPSA) is 26.7 Å². The second kappa shape index (κ2) is 5.10. The SMILES string of the molecule is CN1C2CCC1CN(CC1(O)CCCCC1)CC2. The number of rotatable bonds is 2. The summed E-state index contributed by atoms with van der Waals surface area (Å²) in [6.45, 7) is 3.28. The molecule has 0 spiro atoms. The summed E-state index contributed by atoms with van der Waals surface area (Å²) < 4.78 is 0. The molecule has 0 aromatic rings. The second-order valence-electron chi connectivity index (χ2n) is 6.86. The van der Waals surface area contributed by atoms with E-state index in [-0.39, 0.29) is 5.60 Å². The monoisotopic (exact) mass is 252 g/mol. The van der Waals surface area contributed by atoms with E-state index in [0.29, 0.717) is 0 Å². The number of nitrogens with zero attached hydrogens (tertiary/aromatic N) is 2. The average Bonchev–Trinajstić information content (AvgIpc) is 2.59. The van der Waals surface area contributed by atoms with Crippen LogP contribution in [0.25, 0.3) is 0 Å². The van der Waals surface area contributed by atoms with Crippen molar-refractivity contribution in [3.05, 3.63) is 0 Å². The van der Waals surface area contributed by atoms with Crippen molar-refractivity contribution in [3.63, 3.8) is 0 Å². The predicted octanol–water partition coefficient (Wildman–Crippen LogP) is 1.85. The molecule has 1 aliphatic carbocycles. The van der Waals surface area contributed by atoms with Gasteiger partial charge in [0, 0.05) is 25.2 Å². The molecule has 2 unspecified atom stereocenters. The fraction of sp³-hybridized carbons (Fsp3) is 1.00. The fourth-order valence-electron chi connectivity index (χ4n) is 4.31. The standard InChI is InChI=1S/C15H28N2O/c1-16-13-5-6-14(16)11-17(10-7-13)12-15(18)8-3-2-4-9-15/h13-14,18H,2-12H2,1H3. The maximum Gasteiger partial charge on any atom is 0.0774 e. The van der Waals surface area contributed by atoms with Crippen molar-refractivity contribution in [3.8, 4) is 0 Å². The zero-order valence-corrected chi connectivity index (χ0v) is 11.8. The largest absolute Gasteiger partial charge is 0.389 e. The highest BCUT2D eigenvalue weighted by molar-refractivity contribution is 4.94. The lowest BCUT2D eigenvalue weighted by Gasteiger charge is -2.37. The predicted molar refractivity (Wildman–Crippen MR) is 73.7 cm³/mol. The van der Waals surface area contributed by atoms with Crippen molar-refractivity contribution in [2.24, 2.45) is 0 Å². The van der Waals surface area contributed by atoms with Gasteiger partial charge in [-0.2, -0.15) is 0 Å². The number of fused-ring (bicyclic) bond motifs is 2. The molecule has 0 amide bonds. The van der Waals surface area contributed by atoms with Gasteiger partial charge in [0.05, 0.1) is 5.60 Å². The van der Waals surface area contributed by atoms with E-state index < -0.39 is 0 Å². The molecule has 0 aromatic heterocycles. The van der Waals surface area contributed by atoms with Crippen LogP contribution in [0.5, 0.6) is 0 Å². The summed E-state index contributed by atoms with van der Waals surface area (Å²) in [5.74, 6) is 0. The Morgan fingerprint density at radius 3 is 2.56 bits per heavy atom. The van der Waals surface area contributed by atoms with E-state index in [0.717, 1.165) is 31.5 Å². The summed E-state index contributed by atoms with van der Waals surface area (Å²) in [7, 11) is 2.29. The van der Waals surface area contributed by atoms with Crippen LogP contribution in [-0.4, -0.2) is 59.3 Å². The number of likely N-dealkylation sites (N-methyl/N-ethyl adjacent to an activating group) is 1. The van der Waals surface area contributed by atoms with Crippen LogP contribution in [0.1, 0.15) is 51.4 Å². The Bertz CT molecular complexity index is 288. The number of hydrogen-bond acceptors (Lipinski definition) is 3. The minimum absolute atomic E-state index is 0.375. The Balaban J connectivity index is 1.60. The number of hydrogen-bond donors (Lipinski definition) is 1. The van der Waals surface area contributed by atoms with Gasteiger partial charge in [0.25, 0.3) is 0 Å². The first kappa shape index (κ1) is 12.9. The summed E-state index contributed by atoms with van der Waals surface area (Å²) in [5.41, 5.74) is -0.375. The summed E-state index contributed by atoms with van der Waals surface area (Å²) in [6, 6.07) is 1.55. The van der Waals surface area contributed by atoms with Gasteiger partial charge in [0.1, 0.15) is 0 Å².